The van der Waals surface area contributed by atoms with Gasteiger partial charge >= 0.3 is 0 Å². The van der Waals surface area contributed by atoms with Crippen LogP contribution in [0.2, 0.25) is 0 Å². The molecule has 0 unspecified atom stereocenters. The van der Waals surface area contributed by atoms with Crippen molar-refractivity contribution in [2.75, 3.05) is 54.6 Å². The molecule has 1 N–H and O–H groups in total. The first kappa shape index (κ1) is 33.5. The van der Waals surface area contributed by atoms with E-state index in [0.717, 1.165) is 41.3 Å². The van der Waals surface area contributed by atoms with Crippen LogP contribution >= 0.6 is 0 Å². The Labute approximate surface area is 281 Å². The molecule has 11 heteroatoms. The van der Waals surface area contributed by atoms with E-state index in [4.69, 9.17) is 23.4 Å². The molecule has 4 heterocycles. The van der Waals surface area contributed by atoms with Crippen molar-refractivity contribution >= 4 is 28.7 Å². The molecule has 0 aliphatic carbocycles. The first-order valence-electron chi connectivity index (χ1n) is 17.0. The molecule has 0 saturated carbocycles. The van der Waals surface area contributed by atoms with E-state index < -0.39 is 0 Å². The third-order valence-electron chi connectivity index (χ3n) is 10.3. The van der Waals surface area contributed by atoms with Crippen molar-refractivity contribution in [3.63, 3.8) is 0 Å². The Hall–Kier alpha value is -4.41. The number of aryl methyl sites for hydroxylation is 3. The molecule has 2 saturated heterocycles. The SMILES string of the molecule is COc1cc2cc(c1OC)CCCNC(=O)CCC[C@H]1[C@H]3C[C@@H](CN(C(=O)c4oc5c(OC)c(OC)ccc5c4C)C3)CN1C(=O)CC2. The average molecular weight is 662 g/mol. The van der Waals surface area contributed by atoms with Crippen LogP contribution in [0.25, 0.3) is 11.0 Å². The maximum Gasteiger partial charge on any atom is 0.289 e. The van der Waals surface area contributed by atoms with Crippen LogP contribution in [0.3, 0.4) is 0 Å². The van der Waals surface area contributed by atoms with E-state index in [-0.39, 0.29) is 35.6 Å². The molecule has 3 amide bonds. The van der Waals surface area contributed by atoms with Crippen molar-refractivity contribution in [2.45, 2.75) is 64.3 Å². The average Bonchev–Trinajstić information content (AvgIpc) is 3.43. The molecule has 2 aromatic carbocycles. The van der Waals surface area contributed by atoms with Crippen LogP contribution in [0.15, 0.2) is 28.7 Å². The van der Waals surface area contributed by atoms with Gasteiger partial charge in [-0.3, -0.25) is 14.4 Å². The number of ether oxygens (including phenoxy) is 4. The lowest BCUT2D eigenvalue weighted by Gasteiger charge is -2.51. The Balaban J connectivity index is 1.24. The summed E-state index contributed by atoms with van der Waals surface area (Å²) in [6, 6.07) is 7.69. The Morgan fingerprint density at radius 1 is 0.875 bits per heavy atom. The summed E-state index contributed by atoms with van der Waals surface area (Å²) in [6.45, 7) is 4.11. The van der Waals surface area contributed by atoms with E-state index in [9.17, 15) is 14.4 Å². The molecule has 258 valence electrons. The lowest BCUT2D eigenvalue weighted by atomic mass is 9.77. The number of amides is 3. The number of piperidine rings is 2. The van der Waals surface area contributed by atoms with E-state index in [0.29, 0.717) is 92.6 Å². The zero-order valence-electron chi connectivity index (χ0n) is 28.7. The third-order valence-corrected chi connectivity index (χ3v) is 10.3. The van der Waals surface area contributed by atoms with E-state index in [1.54, 1.807) is 28.4 Å². The Kier molecular flexibility index (Phi) is 10.0. The fourth-order valence-electron chi connectivity index (χ4n) is 8.01. The Morgan fingerprint density at radius 2 is 1.67 bits per heavy atom. The van der Waals surface area contributed by atoms with Crippen molar-refractivity contribution in [3.8, 4) is 23.0 Å². The van der Waals surface area contributed by atoms with E-state index in [1.807, 2.05) is 30.0 Å². The monoisotopic (exact) mass is 661 g/mol. The van der Waals surface area contributed by atoms with Gasteiger partial charge in [-0.15, -0.1) is 0 Å². The zero-order valence-corrected chi connectivity index (χ0v) is 28.7. The van der Waals surface area contributed by atoms with Gasteiger partial charge in [0.05, 0.1) is 28.4 Å². The lowest BCUT2D eigenvalue weighted by molar-refractivity contribution is -0.140. The molecule has 3 aromatic rings. The second-order valence-electron chi connectivity index (χ2n) is 13.3. The third kappa shape index (κ3) is 6.51. The van der Waals surface area contributed by atoms with Gasteiger partial charge in [-0.05, 0) is 86.6 Å². The normalized spacial score (nSPS) is 22.1. The molecule has 6 rings (SSSR count). The first-order valence-corrected chi connectivity index (χ1v) is 17.0. The largest absolute Gasteiger partial charge is 0.493 e. The number of methoxy groups -OCH3 is 4. The van der Waals surface area contributed by atoms with Crippen molar-refractivity contribution in [1.29, 1.82) is 0 Å². The van der Waals surface area contributed by atoms with Crippen LogP contribution in [-0.4, -0.2) is 88.2 Å². The van der Waals surface area contributed by atoms with Gasteiger partial charge in [0, 0.05) is 56.0 Å². The Bertz CT molecular complexity index is 1680. The fraction of sp³-hybridized carbons (Fsp3) is 0.541. The predicted molar refractivity (Wildman–Crippen MR) is 180 cm³/mol. The lowest BCUT2D eigenvalue weighted by Crippen LogP contribution is -2.60. The topological polar surface area (TPSA) is 120 Å². The summed E-state index contributed by atoms with van der Waals surface area (Å²) in [6.07, 6.45) is 5.17. The van der Waals surface area contributed by atoms with Gasteiger partial charge in [-0.25, -0.2) is 0 Å². The van der Waals surface area contributed by atoms with Gasteiger partial charge in [0.15, 0.2) is 28.6 Å². The summed E-state index contributed by atoms with van der Waals surface area (Å²) in [5.74, 6) is 2.85. The van der Waals surface area contributed by atoms with Gasteiger partial charge in [-0.1, -0.05) is 6.07 Å². The molecular weight excluding hydrogens is 614 g/mol. The molecule has 48 heavy (non-hydrogen) atoms. The smallest absolute Gasteiger partial charge is 0.289 e. The van der Waals surface area contributed by atoms with Crippen LogP contribution in [0.1, 0.15) is 65.8 Å². The van der Waals surface area contributed by atoms with Crippen LogP contribution in [0, 0.1) is 18.8 Å². The van der Waals surface area contributed by atoms with Crippen LogP contribution in [-0.2, 0) is 22.4 Å². The number of hydrogen-bond donors (Lipinski definition) is 1. The highest BCUT2D eigenvalue weighted by Gasteiger charge is 2.44. The number of nitrogens with one attached hydrogen (secondary N) is 1. The van der Waals surface area contributed by atoms with E-state index >= 15 is 0 Å². The van der Waals surface area contributed by atoms with Crippen molar-refractivity contribution in [3.05, 3.63) is 46.7 Å². The van der Waals surface area contributed by atoms with Gasteiger partial charge in [-0.2, -0.15) is 0 Å². The van der Waals surface area contributed by atoms with E-state index in [2.05, 4.69) is 16.3 Å². The minimum Gasteiger partial charge on any atom is -0.493 e. The highest BCUT2D eigenvalue weighted by atomic mass is 16.5. The van der Waals surface area contributed by atoms with Crippen LogP contribution in [0.4, 0.5) is 0 Å². The highest BCUT2D eigenvalue weighted by molar-refractivity contribution is 6.01. The summed E-state index contributed by atoms with van der Waals surface area (Å²) in [4.78, 5) is 44.8. The van der Waals surface area contributed by atoms with Gasteiger partial charge in [0.2, 0.25) is 17.6 Å². The van der Waals surface area contributed by atoms with Crippen molar-refractivity contribution in [2.24, 2.45) is 11.8 Å². The first-order chi connectivity index (χ1) is 23.3. The molecule has 3 aliphatic rings. The number of nitrogens with zero attached hydrogens (tertiary/aromatic N) is 2. The predicted octanol–water partition coefficient (Wildman–Crippen LogP) is 4.93. The van der Waals surface area contributed by atoms with Crippen LogP contribution < -0.4 is 24.3 Å². The van der Waals surface area contributed by atoms with Crippen molar-refractivity contribution in [1.82, 2.24) is 15.1 Å². The van der Waals surface area contributed by atoms with Gasteiger partial charge in [0.1, 0.15) is 0 Å². The molecular formula is C37H47N3O8. The molecule has 0 spiro atoms. The fourth-order valence-corrected chi connectivity index (χ4v) is 8.01. The molecule has 4 bridgehead atoms. The summed E-state index contributed by atoms with van der Waals surface area (Å²) in [5, 5.41) is 3.87. The summed E-state index contributed by atoms with van der Waals surface area (Å²) < 4.78 is 28.5. The summed E-state index contributed by atoms with van der Waals surface area (Å²) in [7, 11) is 6.38. The second-order valence-corrected chi connectivity index (χ2v) is 13.3. The minimum atomic E-state index is -0.156. The summed E-state index contributed by atoms with van der Waals surface area (Å²) in [5.41, 5.74) is 3.28. The van der Waals surface area contributed by atoms with Gasteiger partial charge < -0.3 is 38.5 Å². The number of hydrogen-bond acceptors (Lipinski definition) is 8. The quantitative estimate of drug-likeness (QED) is 0.409. The number of furan rings is 1. The molecule has 2 fully saturated rings. The standard InChI is InChI=1S/C37H47N3O8/c1-22-27-12-13-29(44-2)36(47-5)35(27)48-33(22)37(43)39-19-24-17-26(21-39)28-9-6-10-31(41)38-15-7-8-25-16-23(11-14-32(42)40(28)20-24)18-30(45-3)34(25)46-4/h12-13,16,18,24,26,28H,6-11,14-15,17,19-21H2,1-5H3,(H,38,41)/t24-,26-,28-/m0/s1. The van der Waals surface area contributed by atoms with Gasteiger partial charge in [0.25, 0.3) is 5.91 Å². The Morgan fingerprint density at radius 3 is 2.42 bits per heavy atom. The highest BCUT2D eigenvalue weighted by Crippen LogP contribution is 2.41. The number of benzene rings is 2. The molecule has 3 atom stereocenters. The molecule has 3 aliphatic heterocycles. The summed E-state index contributed by atoms with van der Waals surface area (Å²) >= 11 is 0. The van der Waals surface area contributed by atoms with Crippen LogP contribution in [0.5, 0.6) is 23.0 Å². The minimum absolute atomic E-state index is 0.0137. The van der Waals surface area contributed by atoms with E-state index in [1.165, 1.54) is 0 Å². The van der Waals surface area contributed by atoms with Crippen molar-refractivity contribution < 1.29 is 37.7 Å². The maximum atomic E-state index is 14.1. The number of likely N-dealkylation sites (tertiary alicyclic amines) is 1. The number of carbonyl (C=O) groups excluding carboxylic acids is 3. The second kappa shape index (κ2) is 14.4. The molecule has 1 aromatic heterocycles. The molecule has 11 nitrogen and oxygen atoms in total. The number of rotatable bonds is 5. The maximum absolute atomic E-state index is 14.1. The number of fused-ring (bicyclic) bond motifs is 7. The zero-order chi connectivity index (χ0) is 33.9. The molecule has 0 radical (unpaired) electrons. The number of carbonyl (C=O) groups is 3.